The molecule has 2 aromatic carbocycles. The molecular weight excluding hydrogens is 272 g/mol. The Morgan fingerprint density at radius 2 is 1.70 bits per heavy atom. The summed E-state index contributed by atoms with van der Waals surface area (Å²) in [6.07, 6.45) is 3.44. The molecule has 0 aliphatic heterocycles. The maximum Gasteiger partial charge on any atom is 0.323 e. The summed E-state index contributed by atoms with van der Waals surface area (Å²) in [7, 11) is 0. The van der Waals surface area contributed by atoms with Crippen LogP contribution in [-0.4, -0.2) is 6.03 Å². The number of aryl methyl sites for hydroxylation is 2. The highest BCUT2D eigenvalue weighted by molar-refractivity contribution is 6.30. The number of hydrogen-bond donors (Lipinski definition) is 2. The van der Waals surface area contributed by atoms with E-state index in [2.05, 4.69) is 22.8 Å². The van der Waals surface area contributed by atoms with Gasteiger partial charge >= 0.3 is 6.03 Å². The van der Waals surface area contributed by atoms with Crippen molar-refractivity contribution in [2.24, 2.45) is 0 Å². The summed E-state index contributed by atoms with van der Waals surface area (Å²) in [5.41, 5.74) is 4.23. The van der Waals surface area contributed by atoms with Crippen LogP contribution >= 0.6 is 11.6 Å². The molecule has 0 saturated carbocycles. The van der Waals surface area contributed by atoms with Crippen LogP contribution in [-0.2, 0) is 12.8 Å². The van der Waals surface area contributed by atoms with Gasteiger partial charge < -0.3 is 10.6 Å². The van der Waals surface area contributed by atoms with Gasteiger partial charge in [-0.3, -0.25) is 0 Å². The first kappa shape index (κ1) is 13.0. The highest BCUT2D eigenvalue weighted by atomic mass is 35.5. The van der Waals surface area contributed by atoms with Crippen molar-refractivity contribution in [1.29, 1.82) is 0 Å². The number of carbonyl (C=O) groups is 1. The third-order valence-electron chi connectivity index (χ3n) is 3.44. The number of carbonyl (C=O) groups excluding carboxylic acids is 1. The number of hydrogen-bond acceptors (Lipinski definition) is 1. The van der Waals surface area contributed by atoms with Crippen LogP contribution in [0.5, 0.6) is 0 Å². The Balaban J connectivity index is 1.67. The van der Waals surface area contributed by atoms with E-state index in [9.17, 15) is 4.79 Å². The zero-order valence-corrected chi connectivity index (χ0v) is 11.7. The van der Waals surface area contributed by atoms with Gasteiger partial charge in [-0.1, -0.05) is 23.7 Å². The molecule has 0 saturated heterocycles. The van der Waals surface area contributed by atoms with Gasteiger partial charge in [-0.2, -0.15) is 0 Å². The Labute approximate surface area is 123 Å². The number of halogens is 1. The molecule has 0 spiro atoms. The lowest BCUT2D eigenvalue weighted by Crippen LogP contribution is -2.19. The topological polar surface area (TPSA) is 41.1 Å². The first-order valence-electron chi connectivity index (χ1n) is 6.66. The van der Waals surface area contributed by atoms with E-state index >= 15 is 0 Å². The van der Waals surface area contributed by atoms with Gasteiger partial charge in [0.05, 0.1) is 0 Å². The van der Waals surface area contributed by atoms with Crippen molar-refractivity contribution in [3.05, 3.63) is 58.6 Å². The SMILES string of the molecule is O=C(Nc1cccc(Cl)c1)Nc1ccc2c(c1)CCC2. The molecule has 2 aromatic rings. The molecule has 0 heterocycles. The van der Waals surface area contributed by atoms with E-state index in [1.807, 2.05) is 6.07 Å². The average molecular weight is 287 g/mol. The van der Waals surface area contributed by atoms with E-state index < -0.39 is 0 Å². The quantitative estimate of drug-likeness (QED) is 0.840. The van der Waals surface area contributed by atoms with Gasteiger partial charge in [-0.15, -0.1) is 0 Å². The van der Waals surface area contributed by atoms with Crippen molar-refractivity contribution in [1.82, 2.24) is 0 Å². The zero-order valence-electron chi connectivity index (χ0n) is 10.9. The molecule has 3 rings (SSSR count). The Morgan fingerprint density at radius 3 is 2.50 bits per heavy atom. The van der Waals surface area contributed by atoms with E-state index in [0.717, 1.165) is 18.5 Å². The van der Waals surface area contributed by atoms with Gasteiger partial charge in [0, 0.05) is 16.4 Å². The lowest BCUT2D eigenvalue weighted by Gasteiger charge is -2.09. The summed E-state index contributed by atoms with van der Waals surface area (Å²) in [5, 5.41) is 6.21. The highest BCUT2D eigenvalue weighted by Gasteiger charge is 2.11. The number of rotatable bonds is 2. The van der Waals surface area contributed by atoms with Crippen LogP contribution in [0, 0.1) is 0 Å². The molecule has 1 aliphatic carbocycles. The molecule has 1 aliphatic rings. The number of anilines is 2. The molecule has 2 N–H and O–H groups in total. The van der Waals surface area contributed by atoms with E-state index in [-0.39, 0.29) is 6.03 Å². The van der Waals surface area contributed by atoms with Gasteiger partial charge in [-0.05, 0) is 60.7 Å². The first-order chi connectivity index (χ1) is 9.70. The van der Waals surface area contributed by atoms with Gasteiger partial charge in [0.1, 0.15) is 0 Å². The average Bonchev–Trinajstić information content (AvgIpc) is 2.86. The van der Waals surface area contributed by atoms with Crippen molar-refractivity contribution in [2.75, 3.05) is 10.6 Å². The van der Waals surface area contributed by atoms with Crippen LogP contribution in [0.15, 0.2) is 42.5 Å². The predicted octanol–water partition coefficient (Wildman–Crippen LogP) is 4.47. The molecule has 0 radical (unpaired) electrons. The van der Waals surface area contributed by atoms with Crippen LogP contribution in [0.2, 0.25) is 5.02 Å². The Kier molecular flexibility index (Phi) is 3.61. The molecule has 0 fully saturated rings. The number of amides is 2. The number of fused-ring (bicyclic) bond motifs is 1. The van der Waals surface area contributed by atoms with Crippen molar-refractivity contribution in [3.63, 3.8) is 0 Å². The molecule has 20 heavy (non-hydrogen) atoms. The summed E-state index contributed by atoms with van der Waals surface area (Å²) in [4.78, 5) is 11.9. The number of benzene rings is 2. The lowest BCUT2D eigenvalue weighted by atomic mass is 10.1. The fourth-order valence-corrected chi connectivity index (χ4v) is 2.70. The van der Waals surface area contributed by atoms with Gasteiger partial charge in [0.15, 0.2) is 0 Å². The van der Waals surface area contributed by atoms with Crippen LogP contribution in [0.1, 0.15) is 17.5 Å². The third kappa shape index (κ3) is 2.94. The minimum absolute atomic E-state index is 0.259. The van der Waals surface area contributed by atoms with Gasteiger partial charge in [-0.25, -0.2) is 4.79 Å². The second-order valence-electron chi connectivity index (χ2n) is 4.93. The number of urea groups is 1. The largest absolute Gasteiger partial charge is 0.323 e. The molecule has 0 aromatic heterocycles. The highest BCUT2D eigenvalue weighted by Crippen LogP contribution is 2.25. The van der Waals surface area contributed by atoms with E-state index in [4.69, 9.17) is 11.6 Å². The molecule has 0 atom stereocenters. The third-order valence-corrected chi connectivity index (χ3v) is 3.67. The summed E-state index contributed by atoms with van der Waals surface area (Å²) in [6, 6.07) is 12.9. The van der Waals surface area contributed by atoms with Crippen molar-refractivity contribution in [3.8, 4) is 0 Å². The van der Waals surface area contributed by atoms with Crippen LogP contribution in [0.3, 0.4) is 0 Å². The maximum atomic E-state index is 11.9. The molecular formula is C16H15ClN2O. The second kappa shape index (κ2) is 5.55. The van der Waals surface area contributed by atoms with Gasteiger partial charge in [0.2, 0.25) is 0 Å². The molecule has 3 nitrogen and oxygen atoms in total. The molecule has 102 valence electrons. The fraction of sp³-hybridized carbons (Fsp3) is 0.188. The minimum atomic E-state index is -0.259. The van der Waals surface area contributed by atoms with E-state index in [0.29, 0.717) is 10.7 Å². The Morgan fingerprint density at radius 1 is 0.950 bits per heavy atom. The summed E-state index contributed by atoms with van der Waals surface area (Å²) in [5.74, 6) is 0. The van der Waals surface area contributed by atoms with Gasteiger partial charge in [0.25, 0.3) is 0 Å². The normalized spacial score (nSPS) is 12.8. The Hall–Kier alpha value is -2.00. The van der Waals surface area contributed by atoms with Crippen molar-refractivity contribution < 1.29 is 4.79 Å². The van der Waals surface area contributed by atoms with Crippen LogP contribution < -0.4 is 10.6 Å². The summed E-state index contributed by atoms with van der Waals surface area (Å²) < 4.78 is 0. The summed E-state index contributed by atoms with van der Waals surface area (Å²) >= 11 is 5.88. The Bertz CT molecular complexity index is 655. The number of nitrogens with one attached hydrogen (secondary N) is 2. The van der Waals surface area contributed by atoms with E-state index in [1.165, 1.54) is 17.5 Å². The first-order valence-corrected chi connectivity index (χ1v) is 7.04. The van der Waals surface area contributed by atoms with Crippen LogP contribution in [0.25, 0.3) is 0 Å². The standard InChI is InChI=1S/C16H15ClN2O/c17-13-5-2-6-14(10-13)18-16(20)19-15-8-7-11-3-1-4-12(11)9-15/h2,5-10H,1,3-4H2,(H2,18,19,20). The smallest absolute Gasteiger partial charge is 0.308 e. The minimum Gasteiger partial charge on any atom is -0.308 e. The second-order valence-corrected chi connectivity index (χ2v) is 5.36. The fourth-order valence-electron chi connectivity index (χ4n) is 2.51. The van der Waals surface area contributed by atoms with Crippen molar-refractivity contribution in [2.45, 2.75) is 19.3 Å². The van der Waals surface area contributed by atoms with Crippen molar-refractivity contribution >= 4 is 29.0 Å². The molecule has 4 heteroatoms. The zero-order chi connectivity index (χ0) is 13.9. The van der Waals surface area contributed by atoms with Crippen LogP contribution in [0.4, 0.5) is 16.2 Å². The molecule has 0 unspecified atom stereocenters. The molecule has 0 bridgehead atoms. The maximum absolute atomic E-state index is 11.9. The lowest BCUT2D eigenvalue weighted by molar-refractivity contribution is 0.262. The monoisotopic (exact) mass is 286 g/mol. The summed E-state index contributed by atoms with van der Waals surface area (Å²) in [6.45, 7) is 0. The predicted molar refractivity (Wildman–Crippen MR) is 82.6 cm³/mol. The van der Waals surface area contributed by atoms with E-state index in [1.54, 1.807) is 24.3 Å². The molecule has 2 amide bonds.